The Balaban J connectivity index is 3.71. The molecule has 0 aliphatic heterocycles. The molecule has 0 aliphatic rings. The number of rotatable bonds is 3. The molecular formula is C6H12O3. The van der Waals surface area contributed by atoms with Crippen molar-refractivity contribution in [3.8, 4) is 0 Å². The standard InChI is InChI=1S/C6H12O3/c1-4(2)6(9)5(8)3-7/h3-6,8-9H,1-2H3. The van der Waals surface area contributed by atoms with Crippen LogP contribution in [0.2, 0.25) is 0 Å². The van der Waals surface area contributed by atoms with Gasteiger partial charge in [-0.1, -0.05) is 13.8 Å². The van der Waals surface area contributed by atoms with Gasteiger partial charge in [0, 0.05) is 0 Å². The van der Waals surface area contributed by atoms with Crippen molar-refractivity contribution in [3.05, 3.63) is 0 Å². The van der Waals surface area contributed by atoms with E-state index in [-0.39, 0.29) is 5.92 Å². The molecule has 0 amide bonds. The Hall–Kier alpha value is -0.410. The van der Waals surface area contributed by atoms with E-state index < -0.39 is 12.2 Å². The average Bonchev–Trinajstić information content (AvgIpc) is 1.84. The molecule has 0 heterocycles. The predicted molar refractivity (Wildman–Crippen MR) is 32.9 cm³/mol. The molecule has 2 atom stereocenters. The van der Waals surface area contributed by atoms with E-state index in [4.69, 9.17) is 10.2 Å². The molecule has 0 aromatic heterocycles. The second kappa shape index (κ2) is 3.58. The lowest BCUT2D eigenvalue weighted by Gasteiger charge is -2.15. The molecule has 3 heteroatoms. The zero-order valence-corrected chi connectivity index (χ0v) is 5.61. The normalized spacial score (nSPS) is 17.4. The fourth-order valence-corrected chi connectivity index (χ4v) is 0.475. The third kappa shape index (κ3) is 2.58. The number of carbonyl (C=O) groups is 1. The minimum absolute atomic E-state index is 0.0785. The van der Waals surface area contributed by atoms with Crippen molar-refractivity contribution < 1.29 is 15.0 Å². The molecule has 0 aliphatic carbocycles. The second-order valence-electron chi connectivity index (χ2n) is 2.36. The molecule has 0 aromatic rings. The third-order valence-electron chi connectivity index (χ3n) is 1.17. The molecule has 9 heavy (non-hydrogen) atoms. The lowest BCUT2D eigenvalue weighted by molar-refractivity contribution is -0.121. The van der Waals surface area contributed by atoms with Gasteiger partial charge in [0.05, 0.1) is 6.10 Å². The maximum atomic E-state index is 9.84. The van der Waals surface area contributed by atoms with E-state index in [1.165, 1.54) is 0 Å². The molecule has 0 spiro atoms. The van der Waals surface area contributed by atoms with E-state index in [1.54, 1.807) is 13.8 Å². The van der Waals surface area contributed by atoms with Gasteiger partial charge in [0.15, 0.2) is 6.29 Å². The van der Waals surface area contributed by atoms with Gasteiger partial charge in [-0.2, -0.15) is 0 Å². The first-order valence-electron chi connectivity index (χ1n) is 2.91. The summed E-state index contributed by atoms with van der Waals surface area (Å²) >= 11 is 0. The van der Waals surface area contributed by atoms with Gasteiger partial charge >= 0.3 is 0 Å². The topological polar surface area (TPSA) is 57.5 Å². The van der Waals surface area contributed by atoms with Gasteiger partial charge < -0.3 is 15.0 Å². The average molecular weight is 132 g/mol. The Morgan fingerprint density at radius 2 is 1.78 bits per heavy atom. The molecule has 3 nitrogen and oxygen atoms in total. The van der Waals surface area contributed by atoms with Crippen LogP contribution in [0.5, 0.6) is 0 Å². The van der Waals surface area contributed by atoms with Crippen LogP contribution in [0.15, 0.2) is 0 Å². The van der Waals surface area contributed by atoms with Crippen molar-refractivity contribution in [1.29, 1.82) is 0 Å². The molecule has 0 aromatic carbocycles. The summed E-state index contributed by atoms with van der Waals surface area (Å²) < 4.78 is 0. The minimum atomic E-state index is -1.23. The lowest BCUT2D eigenvalue weighted by atomic mass is 10.0. The van der Waals surface area contributed by atoms with Crippen molar-refractivity contribution >= 4 is 6.29 Å². The lowest BCUT2D eigenvalue weighted by Crippen LogP contribution is -2.31. The van der Waals surface area contributed by atoms with Crippen LogP contribution < -0.4 is 0 Å². The fourth-order valence-electron chi connectivity index (χ4n) is 0.475. The molecule has 0 saturated carbocycles. The second-order valence-corrected chi connectivity index (χ2v) is 2.36. The molecule has 0 saturated heterocycles. The van der Waals surface area contributed by atoms with Gasteiger partial charge in [-0.05, 0) is 5.92 Å². The number of carbonyl (C=O) groups excluding carboxylic acids is 1. The smallest absolute Gasteiger partial charge is 0.151 e. The highest BCUT2D eigenvalue weighted by Gasteiger charge is 2.17. The Labute approximate surface area is 54.3 Å². The minimum Gasteiger partial charge on any atom is -0.390 e. The summed E-state index contributed by atoms with van der Waals surface area (Å²) in [5.74, 6) is -0.0785. The summed E-state index contributed by atoms with van der Waals surface area (Å²) in [5, 5.41) is 17.6. The van der Waals surface area contributed by atoms with E-state index in [1.807, 2.05) is 0 Å². The Morgan fingerprint density at radius 1 is 1.33 bits per heavy atom. The monoisotopic (exact) mass is 132 g/mol. The molecule has 0 radical (unpaired) electrons. The summed E-state index contributed by atoms with van der Waals surface area (Å²) in [6, 6.07) is 0. The zero-order valence-electron chi connectivity index (χ0n) is 5.61. The summed E-state index contributed by atoms with van der Waals surface area (Å²) in [7, 11) is 0. The van der Waals surface area contributed by atoms with E-state index >= 15 is 0 Å². The van der Waals surface area contributed by atoms with Gasteiger partial charge in [0.25, 0.3) is 0 Å². The molecule has 0 rings (SSSR count). The van der Waals surface area contributed by atoms with Crippen LogP contribution in [-0.2, 0) is 4.79 Å². The summed E-state index contributed by atoms with van der Waals surface area (Å²) in [6.07, 6.45) is -1.82. The number of aldehydes is 1. The summed E-state index contributed by atoms with van der Waals surface area (Å²) in [5.41, 5.74) is 0. The number of aliphatic hydroxyl groups is 2. The molecule has 0 bridgehead atoms. The Morgan fingerprint density at radius 3 is 1.89 bits per heavy atom. The van der Waals surface area contributed by atoms with Crippen LogP contribution in [0, 0.1) is 5.92 Å². The summed E-state index contributed by atoms with van der Waals surface area (Å²) in [4.78, 5) is 9.84. The fraction of sp³-hybridized carbons (Fsp3) is 0.833. The van der Waals surface area contributed by atoms with Crippen molar-refractivity contribution in [2.75, 3.05) is 0 Å². The third-order valence-corrected chi connectivity index (χ3v) is 1.17. The number of hydrogen-bond donors (Lipinski definition) is 2. The van der Waals surface area contributed by atoms with Gasteiger partial charge in [-0.3, -0.25) is 0 Å². The van der Waals surface area contributed by atoms with E-state index in [0.717, 1.165) is 0 Å². The Bertz CT molecular complexity index is 90.3. The molecule has 2 N–H and O–H groups in total. The first-order valence-corrected chi connectivity index (χ1v) is 2.91. The van der Waals surface area contributed by atoms with Gasteiger partial charge in [0.2, 0.25) is 0 Å². The van der Waals surface area contributed by atoms with Crippen LogP contribution in [-0.4, -0.2) is 28.7 Å². The van der Waals surface area contributed by atoms with Crippen LogP contribution in [0.1, 0.15) is 13.8 Å². The zero-order chi connectivity index (χ0) is 7.44. The van der Waals surface area contributed by atoms with Crippen molar-refractivity contribution in [2.24, 2.45) is 5.92 Å². The molecular weight excluding hydrogens is 120 g/mol. The largest absolute Gasteiger partial charge is 0.390 e. The molecule has 0 fully saturated rings. The van der Waals surface area contributed by atoms with Crippen LogP contribution in [0.3, 0.4) is 0 Å². The Kier molecular flexibility index (Phi) is 3.42. The molecule has 54 valence electrons. The number of aliphatic hydroxyl groups excluding tert-OH is 2. The first kappa shape index (κ1) is 8.59. The van der Waals surface area contributed by atoms with E-state index in [0.29, 0.717) is 6.29 Å². The predicted octanol–water partition coefficient (Wildman–Crippen LogP) is -0.437. The van der Waals surface area contributed by atoms with Crippen LogP contribution in [0.4, 0.5) is 0 Å². The number of hydrogen-bond acceptors (Lipinski definition) is 3. The van der Waals surface area contributed by atoms with Gasteiger partial charge in [-0.25, -0.2) is 0 Å². The molecule has 2 unspecified atom stereocenters. The first-order chi connectivity index (χ1) is 4.09. The maximum absolute atomic E-state index is 9.84. The highest BCUT2D eigenvalue weighted by Crippen LogP contribution is 2.03. The van der Waals surface area contributed by atoms with Crippen molar-refractivity contribution in [3.63, 3.8) is 0 Å². The maximum Gasteiger partial charge on any atom is 0.151 e. The van der Waals surface area contributed by atoms with Crippen molar-refractivity contribution in [1.82, 2.24) is 0 Å². The van der Waals surface area contributed by atoms with Crippen molar-refractivity contribution in [2.45, 2.75) is 26.1 Å². The van der Waals surface area contributed by atoms with E-state index in [2.05, 4.69) is 0 Å². The van der Waals surface area contributed by atoms with Gasteiger partial charge in [-0.15, -0.1) is 0 Å². The quantitative estimate of drug-likeness (QED) is 0.512. The van der Waals surface area contributed by atoms with E-state index in [9.17, 15) is 4.79 Å². The van der Waals surface area contributed by atoms with Crippen LogP contribution in [0.25, 0.3) is 0 Å². The highest BCUT2D eigenvalue weighted by atomic mass is 16.3. The SMILES string of the molecule is CC(C)C(O)C(O)C=O. The van der Waals surface area contributed by atoms with Gasteiger partial charge in [0.1, 0.15) is 6.10 Å². The summed E-state index contributed by atoms with van der Waals surface area (Å²) in [6.45, 7) is 3.47. The highest BCUT2D eigenvalue weighted by molar-refractivity contribution is 5.56. The van der Waals surface area contributed by atoms with Crippen LogP contribution >= 0.6 is 0 Å².